The van der Waals surface area contributed by atoms with Gasteiger partial charge in [0, 0.05) is 17.7 Å². The summed E-state index contributed by atoms with van der Waals surface area (Å²) in [6, 6.07) is 6.40. The number of amides is 1. The van der Waals surface area contributed by atoms with Crippen molar-refractivity contribution in [2.75, 3.05) is 6.54 Å². The molecule has 92 valence electrons. The van der Waals surface area contributed by atoms with Crippen molar-refractivity contribution in [2.24, 2.45) is 5.92 Å². The van der Waals surface area contributed by atoms with Gasteiger partial charge in [-0.05, 0) is 25.0 Å². The van der Waals surface area contributed by atoms with Gasteiger partial charge in [0.2, 0.25) is 5.91 Å². The molecule has 1 rings (SSSR count). The molecule has 1 aromatic carbocycles. The van der Waals surface area contributed by atoms with Gasteiger partial charge in [-0.1, -0.05) is 32.0 Å². The molecule has 1 amide bonds. The van der Waals surface area contributed by atoms with Gasteiger partial charge in [0.25, 0.3) is 0 Å². The molecule has 0 fully saturated rings. The minimum absolute atomic E-state index is 0.151. The molecule has 1 aromatic rings. The van der Waals surface area contributed by atoms with Crippen LogP contribution in [0.1, 0.15) is 26.3 Å². The number of hydrogen-bond acceptors (Lipinski definition) is 1. The first-order chi connectivity index (χ1) is 8.00. The predicted molar refractivity (Wildman–Crippen MR) is 67.9 cm³/mol. The van der Waals surface area contributed by atoms with Gasteiger partial charge in [0.1, 0.15) is 5.82 Å². The molecule has 1 N–H and O–H groups in total. The molecule has 0 saturated carbocycles. The van der Waals surface area contributed by atoms with E-state index in [1.807, 2.05) is 13.8 Å². The molecule has 0 heterocycles. The van der Waals surface area contributed by atoms with Crippen molar-refractivity contribution in [3.63, 3.8) is 0 Å². The second-order valence-electron chi connectivity index (χ2n) is 4.45. The van der Waals surface area contributed by atoms with E-state index < -0.39 is 0 Å². The van der Waals surface area contributed by atoms with Gasteiger partial charge >= 0.3 is 0 Å². The minimum atomic E-state index is -0.316. The Balaban J connectivity index is 2.72. The third-order valence-corrected chi connectivity index (χ3v) is 2.31. The monoisotopic (exact) mass is 235 g/mol. The number of benzene rings is 1. The Kier molecular flexibility index (Phi) is 4.88. The highest BCUT2D eigenvalue weighted by atomic mass is 19.1. The van der Waals surface area contributed by atoms with Gasteiger partial charge in [-0.3, -0.25) is 4.79 Å². The van der Waals surface area contributed by atoms with Crippen molar-refractivity contribution in [3.8, 4) is 0 Å². The number of rotatable bonds is 4. The first kappa shape index (κ1) is 13.4. The first-order valence-corrected chi connectivity index (χ1v) is 5.71. The summed E-state index contributed by atoms with van der Waals surface area (Å²) in [7, 11) is 0. The van der Waals surface area contributed by atoms with Crippen molar-refractivity contribution >= 4 is 12.0 Å². The number of nitrogens with one attached hydrogen (secondary N) is 1. The predicted octanol–water partition coefficient (Wildman–Crippen LogP) is 3.00. The Hall–Kier alpha value is -1.64. The summed E-state index contributed by atoms with van der Waals surface area (Å²) in [5, 5.41) is 2.79. The van der Waals surface area contributed by atoms with Gasteiger partial charge < -0.3 is 5.32 Å². The van der Waals surface area contributed by atoms with Crippen molar-refractivity contribution in [1.29, 1.82) is 0 Å². The summed E-state index contributed by atoms with van der Waals surface area (Å²) in [6.07, 6.45) is 1.56. The highest BCUT2D eigenvalue weighted by molar-refractivity contribution is 5.97. The van der Waals surface area contributed by atoms with Gasteiger partial charge in [-0.25, -0.2) is 4.39 Å². The molecule has 0 radical (unpaired) electrons. The van der Waals surface area contributed by atoms with Gasteiger partial charge in [0.05, 0.1) is 0 Å². The van der Waals surface area contributed by atoms with E-state index in [4.69, 9.17) is 0 Å². The van der Waals surface area contributed by atoms with Gasteiger partial charge in [-0.2, -0.15) is 0 Å². The fraction of sp³-hybridized carbons (Fsp3) is 0.357. The van der Waals surface area contributed by atoms with Crippen LogP contribution in [-0.2, 0) is 4.79 Å². The van der Waals surface area contributed by atoms with Crippen LogP contribution in [0.25, 0.3) is 6.08 Å². The molecule has 0 aliphatic rings. The Labute approximate surface area is 102 Å². The lowest BCUT2D eigenvalue weighted by molar-refractivity contribution is -0.117. The van der Waals surface area contributed by atoms with E-state index in [9.17, 15) is 9.18 Å². The van der Waals surface area contributed by atoms with Gasteiger partial charge in [-0.15, -0.1) is 0 Å². The third kappa shape index (κ3) is 4.39. The number of carbonyl (C=O) groups is 1. The maximum absolute atomic E-state index is 13.4. The van der Waals surface area contributed by atoms with Crippen molar-refractivity contribution in [1.82, 2.24) is 5.32 Å². The van der Waals surface area contributed by atoms with Crippen LogP contribution >= 0.6 is 0 Å². The third-order valence-electron chi connectivity index (χ3n) is 2.31. The average molecular weight is 235 g/mol. The Morgan fingerprint density at radius 1 is 1.41 bits per heavy atom. The number of carbonyl (C=O) groups excluding carboxylic acids is 1. The van der Waals surface area contributed by atoms with E-state index in [1.165, 1.54) is 6.07 Å². The van der Waals surface area contributed by atoms with E-state index in [1.54, 1.807) is 31.2 Å². The standard InChI is InChI=1S/C14H18FNO/c1-10(2)9-16-14(17)11(3)8-12-6-4-5-7-13(12)15/h4-8,10H,9H2,1-3H3,(H,16,17)/b11-8+. The second kappa shape index (κ2) is 6.18. The highest BCUT2D eigenvalue weighted by Crippen LogP contribution is 2.11. The normalized spacial score (nSPS) is 11.7. The van der Waals surface area contributed by atoms with E-state index in [0.29, 0.717) is 23.6 Å². The molecule has 0 aliphatic heterocycles. The van der Waals surface area contributed by atoms with Crippen LogP contribution in [0.4, 0.5) is 4.39 Å². The fourth-order valence-corrected chi connectivity index (χ4v) is 1.33. The van der Waals surface area contributed by atoms with E-state index in [0.717, 1.165) is 0 Å². The van der Waals surface area contributed by atoms with Crippen LogP contribution in [-0.4, -0.2) is 12.5 Å². The fourth-order valence-electron chi connectivity index (χ4n) is 1.33. The molecule has 0 aromatic heterocycles. The first-order valence-electron chi connectivity index (χ1n) is 5.71. The van der Waals surface area contributed by atoms with Crippen LogP contribution in [0.2, 0.25) is 0 Å². The maximum Gasteiger partial charge on any atom is 0.246 e. The lowest BCUT2D eigenvalue weighted by Gasteiger charge is -2.07. The molecule has 0 atom stereocenters. The van der Waals surface area contributed by atoms with Crippen molar-refractivity contribution < 1.29 is 9.18 Å². The Morgan fingerprint density at radius 3 is 2.65 bits per heavy atom. The van der Waals surface area contributed by atoms with Gasteiger partial charge in [0.15, 0.2) is 0 Å². The Bertz CT molecular complexity index is 424. The quantitative estimate of drug-likeness (QED) is 0.799. The topological polar surface area (TPSA) is 29.1 Å². The summed E-state index contributed by atoms with van der Waals surface area (Å²) in [5.74, 6) is -0.0642. The molecule has 0 bridgehead atoms. The molecule has 0 spiro atoms. The maximum atomic E-state index is 13.4. The second-order valence-corrected chi connectivity index (χ2v) is 4.45. The average Bonchev–Trinajstić information content (AvgIpc) is 2.28. The SMILES string of the molecule is C/C(=C\c1ccccc1F)C(=O)NCC(C)C. The van der Waals surface area contributed by atoms with E-state index in [2.05, 4.69) is 5.32 Å². The zero-order valence-corrected chi connectivity index (χ0v) is 10.5. The van der Waals surface area contributed by atoms with Crippen LogP contribution in [0, 0.1) is 11.7 Å². The zero-order valence-electron chi connectivity index (χ0n) is 10.5. The van der Waals surface area contributed by atoms with E-state index in [-0.39, 0.29) is 11.7 Å². The van der Waals surface area contributed by atoms with Crippen LogP contribution < -0.4 is 5.32 Å². The van der Waals surface area contributed by atoms with Crippen molar-refractivity contribution in [2.45, 2.75) is 20.8 Å². The lowest BCUT2D eigenvalue weighted by atomic mass is 10.1. The summed E-state index contributed by atoms with van der Waals surface area (Å²) in [4.78, 5) is 11.7. The van der Waals surface area contributed by atoms with Crippen molar-refractivity contribution in [3.05, 3.63) is 41.2 Å². The van der Waals surface area contributed by atoms with Crippen LogP contribution in [0.3, 0.4) is 0 Å². The molecule has 0 unspecified atom stereocenters. The lowest BCUT2D eigenvalue weighted by Crippen LogP contribution is -2.27. The largest absolute Gasteiger partial charge is 0.352 e. The summed E-state index contributed by atoms with van der Waals surface area (Å²) < 4.78 is 13.4. The van der Waals surface area contributed by atoms with Crippen LogP contribution in [0.5, 0.6) is 0 Å². The van der Waals surface area contributed by atoms with E-state index >= 15 is 0 Å². The smallest absolute Gasteiger partial charge is 0.246 e. The summed E-state index contributed by atoms with van der Waals surface area (Å²) in [6.45, 7) is 6.36. The molecule has 3 heteroatoms. The minimum Gasteiger partial charge on any atom is -0.352 e. The highest BCUT2D eigenvalue weighted by Gasteiger charge is 2.06. The summed E-state index contributed by atoms with van der Waals surface area (Å²) in [5.41, 5.74) is 0.945. The molecule has 0 saturated heterocycles. The molecule has 0 aliphatic carbocycles. The molecular formula is C14H18FNO. The Morgan fingerprint density at radius 2 is 2.06 bits per heavy atom. The molecular weight excluding hydrogens is 217 g/mol. The molecule has 17 heavy (non-hydrogen) atoms. The zero-order chi connectivity index (χ0) is 12.8. The molecule has 2 nitrogen and oxygen atoms in total. The number of halogens is 1. The summed E-state index contributed by atoms with van der Waals surface area (Å²) >= 11 is 0. The number of hydrogen-bond donors (Lipinski definition) is 1. The van der Waals surface area contributed by atoms with Crippen LogP contribution in [0.15, 0.2) is 29.8 Å².